The van der Waals surface area contributed by atoms with Crippen LogP contribution in [0.3, 0.4) is 0 Å². The van der Waals surface area contributed by atoms with Gasteiger partial charge in [-0.25, -0.2) is 4.79 Å². The van der Waals surface area contributed by atoms with Crippen LogP contribution >= 0.6 is 0 Å². The molecule has 5 heteroatoms. The summed E-state index contributed by atoms with van der Waals surface area (Å²) < 4.78 is 10.6. The molecule has 2 aliphatic heterocycles. The number of carbonyl (C=O) groups is 1. The lowest BCUT2D eigenvalue weighted by atomic mass is 9.77. The van der Waals surface area contributed by atoms with Crippen molar-refractivity contribution in [2.45, 2.75) is 44.8 Å². The molecule has 1 amide bonds. The van der Waals surface area contributed by atoms with Gasteiger partial charge in [-0.1, -0.05) is 0 Å². The highest BCUT2D eigenvalue weighted by Gasteiger charge is 2.50. The molecule has 2 fully saturated rings. The van der Waals surface area contributed by atoms with Gasteiger partial charge in [-0.3, -0.25) is 0 Å². The summed E-state index contributed by atoms with van der Waals surface area (Å²) in [7, 11) is 0. The first-order valence-corrected chi connectivity index (χ1v) is 6.58. The van der Waals surface area contributed by atoms with Crippen molar-refractivity contribution in [1.29, 1.82) is 0 Å². The third-order valence-corrected chi connectivity index (χ3v) is 3.56. The molecule has 0 bridgehead atoms. The van der Waals surface area contributed by atoms with E-state index in [4.69, 9.17) is 9.47 Å². The molecule has 0 saturated carbocycles. The van der Waals surface area contributed by atoms with E-state index in [1.165, 1.54) is 0 Å². The van der Waals surface area contributed by atoms with Crippen molar-refractivity contribution < 1.29 is 19.4 Å². The van der Waals surface area contributed by atoms with Gasteiger partial charge in [-0.15, -0.1) is 0 Å². The van der Waals surface area contributed by atoms with Crippen LogP contribution in [-0.4, -0.2) is 53.6 Å². The topological polar surface area (TPSA) is 59.0 Å². The maximum absolute atomic E-state index is 11.8. The first-order chi connectivity index (χ1) is 8.30. The highest BCUT2D eigenvalue weighted by molar-refractivity contribution is 5.69. The molecule has 0 spiro atoms. The molecular weight excluding hydrogens is 234 g/mol. The van der Waals surface area contributed by atoms with Crippen molar-refractivity contribution in [2.75, 3.05) is 26.3 Å². The van der Waals surface area contributed by atoms with Crippen molar-refractivity contribution in [2.24, 2.45) is 5.92 Å². The minimum Gasteiger partial charge on any atom is -0.444 e. The van der Waals surface area contributed by atoms with E-state index in [0.717, 1.165) is 12.8 Å². The summed E-state index contributed by atoms with van der Waals surface area (Å²) in [6, 6.07) is 0. The van der Waals surface area contributed by atoms with Crippen LogP contribution in [0.15, 0.2) is 0 Å². The number of aliphatic hydroxyl groups is 1. The Morgan fingerprint density at radius 2 is 1.89 bits per heavy atom. The molecule has 18 heavy (non-hydrogen) atoms. The van der Waals surface area contributed by atoms with Crippen LogP contribution in [0.5, 0.6) is 0 Å². The highest BCUT2D eigenvalue weighted by Crippen LogP contribution is 2.35. The standard InChI is InChI=1S/C13H23NO4/c1-12(2,3)18-11(15)14-8-13(16,9-14)10-4-6-17-7-5-10/h10,16H,4-9H2,1-3H3. The number of ether oxygens (including phenoxy) is 2. The summed E-state index contributed by atoms with van der Waals surface area (Å²) in [6.07, 6.45) is 1.41. The number of hydrogen-bond acceptors (Lipinski definition) is 4. The molecule has 1 N–H and O–H groups in total. The molecule has 0 atom stereocenters. The molecule has 0 aliphatic carbocycles. The zero-order valence-corrected chi connectivity index (χ0v) is 11.4. The Labute approximate surface area is 108 Å². The lowest BCUT2D eigenvalue weighted by molar-refractivity contribution is -0.150. The van der Waals surface area contributed by atoms with Gasteiger partial charge in [0.2, 0.25) is 0 Å². The summed E-state index contributed by atoms with van der Waals surface area (Å²) in [5, 5.41) is 10.4. The predicted octanol–water partition coefficient (Wildman–Crippen LogP) is 1.39. The van der Waals surface area contributed by atoms with Crippen molar-refractivity contribution in [3.05, 3.63) is 0 Å². The summed E-state index contributed by atoms with van der Waals surface area (Å²) >= 11 is 0. The van der Waals surface area contributed by atoms with Gasteiger partial charge in [0.15, 0.2) is 0 Å². The average Bonchev–Trinajstić information content (AvgIpc) is 2.23. The quantitative estimate of drug-likeness (QED) is 0.771. The van der Waals surface area contributed by atoms with Crippen LogP contribution in [0.25, 0.3) is 0 Å². The Kier molecular flexibility index (Phi) is 3.56. The van der Waals surface area contributed by atoms with E-state index in [-0.39, 0.29) is 12.0 Å². The van der Waals surface area contributed by atoms with E-state index >= 15 is 0 Å². The summed E-state index contributed by atoms with van der Waals surface area (Å²) in [4.78, 5) is 13.3. The van der Waals surface area contributed by atoms with Crippen LogP contribution < -0.4 is 0 Å². The minimum absolute atomic E-state index is 0.241. The molecule has 5 nitrogen and oxygen atoms in total. The lowest BCUT2D eigenvalue weighted by Gasteiger charge is -2.51. The van der Waals surface area contributed by atoms with Gasteiger partial charge in [-0.2, -0.15) is 0 Å². The molecule has 0 aromatic rings. The number of carbonyl (C=O) groups excluding carboxylic acids is 1. The Balaban J connectivity index is 1.83. The van der Waals surface area contributed by atoms with Crippen LogP contribution in [0.1, 0.15) is 33.6 Å². The number of hydrogen-bond donors (Lipinski definition) is 1. The molecule has 104 valence electrons. The molecule has 0 aromatic carbocycles. The van der Waals surface area contributed by atoms with Gasteiger partial charge in [-0.05, 0) is 39.5 Å². The summed E-state index contributed by atoms with van der Waals surface area (Å²) in [6.45, 7) is 7.71. The minimum atomic E-state index is -0.735. The Morgan fingerprint density at radius 1 is 1.33 bits per heavy atom. The Hall–Kier alpha value is -0.810. The van der Waals surface area contributed by atoms with Gasteiger partial charge >= 0.3 is 6.09 Å². The van der Waals surface area contributed by atoms with Gasteiger partial charge in [0.05, 0.1) is 13.1 Å². The van der Waals surface area contributed by atoms with Crippen LogP contribution in [-0.2, 0) is 9.47 Å². The molecule has 0 unspecified atom stereocenters. The number of β-amino-alcohol motifs (C(OH)–C–C–N with tert-alkyl or cyclic N) is 1. The number of nitrogens with zero attached hydrogens (tertiary/aromatic N) is 1. The van der Waals surface area contributed by atoms with Gasteiger partial charge in [0.25, 0.3) is 0 Å². The molecule has 2 heterocycles. The predicted molar refractivity (Wildman–Crippen MR) is 66.3 cm³/mol. The van der Waals surface area contributed by atoms with E-state index in [1.54, 1.807) is 4.90 Å². The van der Waals surface area contributed by atoms with Crippen molar-refractivity contribution in [1.82, 2.24) is 4.90 Å². The monoisotopic (exact) mass is 257 g/mol. The van der Waals surface area contributed by atoms with Crippen molar-refractivity contribution in [3.63, 3.8) is 0 Å². The fourth-order valence-electron chi connectivity index (χ4n) is 2.56. The highest BCUT2D eigenvalue weighted by atomic mass is 16.6. The second kappa shape index (κ2) is 4.70. The fourth-order valence-corrected chi connectivity index (χ4v) is 2.56. The smallest absolute Gasteiger partial charge is 0.410 e. The van der Waals surface area contributed by atoms with Gasteiger partial charge in [0, 0.05) is 13.2 Å². The maximum Gasteiger partial charge on any atom is 0.410 e. The number of likely N-dealkylation sites (tertiary alicyclic amines) is 1. The molecule has 2 saturated heterocycles. The molecule has 2 aliphatic rings. The Bertz CT molecular complexity index is 311. The van der Waals surface area contributed by atoms with Gasteiger partial charge in [0.1, 0.15) is 11.2 Å². The zero-order valence-electron chi connectivity index (χ0n) is 11.4. The first kappa shape index (κ1) is 13.6. The van der Waals surface area contributed by atoms with Crippen molar-refractivity contribution in [3.8, 4) is 0 Å². The van der Waals surface area contributed by atoms with Crippen LogP contribution in [0, 0.1) is 5.92 Å². The summed E-state index contributed by atoms with van der Waals surface area (Å²) in [5.41, 5.74) is -1.22. The lowest BCUT2D eigenvalue weighted by Crippen LogP contribution is -2.67. The second-order valence-electron chi connectivity index (χ2n) is 6.33. The van der Waals surface area contributed by atoms with E-state index < -0.39 is 11.2 Å². The Morgan fingerprint density at radius 3 is 2.39 bits per heavy atom. The van der Waals surface area contributed by atoms with E-state index in [1.807, 2.05) is 20.8 Å². The van der Waals surface area contributed by atoms with Crippen LogP contribution in [0.2, 0.25) is 0 Å². The third-order valence-electron chi connectivity index (χ3n) is 3.56. The summed E-state index contributed by atoms with van der Waals surface area (Å²) in [5.74, 6) is 0.241. The van der Waals surface area contributed by atoms with Crippen LogP contribution in [0.4, 0.5) is 4.79 Å². The van der Waals surface area contributed by atoms with E-state index in [2.05, 4.69) is 0 Å². The second-order valence-corrected chi connectivity index (χ2v) is 6.33. The third kappa shape index (κ3) is 2.95. The van der Waals surface area contributed by atoms with Gasteiger partial charge < -0.3 is 19.5 Å². The number of rotatable bonds is 1. The first-order valence-electron chi connectivity index (χ1n) is 6.58. The fraction of sp³-hybridized carbons (Fsp3) is 0.923. The maximum atomic E-state index is 11.8. The normalized spacial score (nSPS) is 24.6. The molecule has 2 rings (SSSR count). The average molecular weight is 257 g/mol. The molecule has 0 radical (unpaired) electrons. The van der Waals surface area contributed by atoms with E-state index in [9.17, 15) is 9.90 Å². The molecular formula is C13H23NO4. The molecule has 0 aromatic heterocycles. The largest absolute Gasteiger partial charge is 0.444 e. The van der Waals surface area contributed by atoms with Crippen molar-refractivity contribution >= 4 is 6.09 Å². The van der Waals surface area contributed by atoms with E-state index in [0.29, 0.717) is 26.3 Å². The number of amides is 1. The SMILES string of the molecule is CC(C)(C)OC(=O)N1CC(O)(C2CCOCC2)C1. The zero-order chi connectivity index (χ0) is 13.4.